The Labute approximate surface area is 162 Å². The van der Waals surface area contributed by atoms with Crippen molar-refractivity contribution < 1.29 is 26.2 Å². The molecule has 1 heterocycles. The number of carbonyl (C=O) groups excluding carboxylic acids is 1. The molecule has 1 amide bonds. The quantitative estimate of drug-likeness (QED) is 0.564. The van der Waals surface area contributed by atoms with Crippen molar-refractivity contribution in [3.63, 3.8) is 0 Å². The Kier molecular flexibility index (Phi) is 5.79. The number of amides is 1. The fourth-order valence-electron chi connectivity index (χ4n) is 2.66. The third-order valence-electron chi connectivity index (χ3n) is 3.82. The molecule has 28 heavy (non-hydrogen) atoms. The van der Waals surface area contributed by atoms with Crippen molar-refractivity contribution in [1.29, 1.82) is 0 Å². The molecule has 0 fully saturated rings. The van der Waals surface area contributed by atoms with Gasteiger partial charge in [-0.1, -0.05) is 12.1 Å². The minimum absolute atomic E-state index is 0.159. The summed E-state index contributed by atoms with van der Waals surface area (Å²) >= 11 is 0. The number of nitrogens with zero attached hydrogens (tertiary/aromatic N) is 1. The van der Waals surface area contributed by atoms with Crippen molar-refractivity contribution in [2.75, 3.05) is 6.26 Å². The first kappa shape index (κ1) is 19.6. The average molecular weight is 403 g/mol. The molecule has 0 radical (unpaired) electrons. The molecule has 0 atom stereocenters. The van der Waals surface area contributed by atoms with Crippen molar-refractivity contribution >= 4 is 16.0 Å². The number of furan rings is 1. The third kappa shape index (κ3) is 5.43. The molecular formula is C20H18FNO5S. The van der Waals surface area contributed by atoms with Gasteiger partial charge < -0.3 is 13.5 Å². The SMILES string of the molecule is CS(=O)(=O)Oc1cccc(CN(Cc2ccco2)C(=O)c2ccc(F)cc2)c1. The molecular weight excluding hydrogens is 385 g/mol. The Morgan fingerprint density at radius 3 is 2.46 bits per heavy atom. The van der Waals surface area contributed by atoms with E-state index in [4.69, 9.17) is 8.60 Å². The van der Waals surface area contributed by atoms with Gasteiger partial charge in [-0.3, -0.25) is 4.79 Å². The van der Waals surface area contributed by atoms with E-state index < -0.39 is 15.9 Å². The normalized spacial score (nSPS) is 11.2. The minimum atomic E-state index is -3.66. The average Bonchev–Trinajstić information content (AvgIpc) is 3.13. The second kappa shape index (κ2) is 8.26. The molecule has 0 aliphatic carbocycles. The van der Waals surface area contributed by atoms with Crippen LogP contribution in [0, 0.1) is 5.82 Å². The van der Waals surface area contributed by atoms with Crippen molar-refractivity contribution in [3.05, 3.63) is 89.6 Å². The predicted octanol–water partition coefficient (Wildman–Crippen LogP) is 3.60. The molecule has 3 aromatic rings. The van der Waals surface area contributed by atoms with Gasteiger partial charge in [0.2, 0.25) is 0 Å². The van der Waals surface area contributed by atoms with Crippen molar-refractivity contribution in [1.82, 2.24) is 4.90 Å². The number of carbonyl (C=O) groups is 1. The van der Waals surface area contributed by atoms with Gasteiger partial charge >= 0.3 is 10.1 Å². The number of rotatable bonds is 7. The topological polar surface area (TPSA) is 76.8 Å². The summed E-state index contributed by atoms with van der Waals surface area (Å²) in [7, 11) is -3.66. The molecule has 146 valence electrons. The summed E-state index contributed by atoms with van der Waals surface area (Å²) < 4.78 is 46.1. The zero-order valence-corrected chi connectivity index (χ0v) is 15.9. The zero-order chi connectivity index (χ0) is 20.1. The lowest BCUT2D eigenvalue weighted by Gasteiger charge is -2.22. The van der Waals surface area contributed by atoms with E-state index in [1.165, 1.54) is 41.5 Å². The maximum absolute atomic E-state index is 13.2. The van der Waals surface area contributed by atoms with Crippen LogP contribution in [0.25, 0.3) is 0 Å². The van der Waals surface area contributed by atoms with Gasteiger partial charge in [-0.2, -0.15) is 8.42 Å². The Morgan fingerprint density at radius 1 is 1.07 bits per heavy atom. The van der Waals surface area contributed by atoms with E-state index in [2.05, 4.69) is 0 Å². The zero-order valence-electron chi connectivity index (χ0n) is 15.0. The highest BCUT2D eigenvalue weighted by atomic mass is 32.2. The van der Waals surface area contributed by atoms with Crippen LogP contribution in [0.3, 0.4) is 0 Å². The molecule has 0 unspecified atom stereocenters. The molecule has 0 N–H and O–H groups in total. The molecule has 0 aliphatic heterocycles. The number of halogens is 1. The molecule has 0 saturated carbocycles. The van der Waals surface area contributed by atoms with Crippen molar-refractivity contribution in [3.8, 4) is 5.75 Å². The van der Waals surface area contributed by atoms with Crippen LogP contribution in [-0.4, -0.2) is 25.5 Å². The smallest absolute Gasteiger partial charge is 0.306 e. The van der Waals surface area contributed by atoms with Crippen LogP contribution >= 0.6 is 0 Å². The van der Waals surface area contributed by atoms with Crippen molar-refractivity contribution in [2.45, 2.75) is 13.1 Å². The van der Waals surface area contributed by atoms with E-state index in [1.54, 1.807) is 30.3 Å². The molecule has 6 nitrogen and oxygen atoms in total. The molecule has 0 bridgehead atoms. The molecule has 8 heteroatoms. The molecule has 2 aromatic carbocycles. The summed E-state index contributed by atoms with van der Waals surface area (Å²) in [4.78, 5) is 14.5. The Hall–Kier alpha value is -3.13. The minimum Gasteiger partial charge on any atom is -0.467 e. The Balaban J connectivity index is 1.86. The van der Waals surface area contributed by atoms with Gasteiger partial charge in [0.05, 0.1) is 19.1 Å². The summed E-state index contributed by atoms with van der Waals surface area (Å²) in [5.41, 5.74) is 1.000. The molecule has 1 aromatic heterocycles. The van der Waals surface area contributed by atoms with Gasteiger partial charge in [0.25, 0.3) is 5.91 Å². The fourth-order valence-corrected chi connectivity index (χ4v) is 3.11. The second-order valence-corrected chi connectivity index (χ2v) is 7.76. The van der Waals surface area contributed by atoms with Crippen LogP contribution in [0.4, 0.5) is 4.39 Å². The van der Waals surface area contributed by atoms with Gasteiger partial charge in [0.15, 0.2) is 0 Å². The largest absolute Gasteiger partial charge is 0.467 e. The predicted molar refractivity (Wildman–Crippen MR) is 101 cm³/mol. The maximum atomic E-state index is 13.2. The first-order valence-electron chi connectivity index (χ1n) is 8.36. The van der Waals surface area contributed by atoms with Gasteiger partial charge in [-0.15, -0.1) is 0 Å². The van der Waals surface area contributed by atoms with E-state index >= 15 is 0 Å². The van der Waals surface area contributed by atoms with E-state index in [0.717, 1.165) is 6.26 Å². The fraction of sp³-hybridized carbons (Fsp3) is 0.150. The number of hydrogen-bond donors (Lipinski definition) is 0. The second-order valence-electron chi connectivity index (χ2n) is 6.18. The van der Waals surface area contributed by atoms with Crippen molar-refractivity contribution in [2.24, 2.45) is 0 Å². The number of benzene rings is 2. The summed E-state index contributed by atoms with van der Waals surface area (Å²) in [6.07, 6.45) is 2.47. The Morgan fingerprint density at radius 2 is 1.82 bits per heavy atom. The molecule has 0 spiro atoms. The van der Waals surface area contributed by atoms with Crippen LogP contribution < -0.4 is 4.18 Å². The summed E-state index contributed by atoms with van der Waals surface area (Å²) in [5.74, 6) is -0.00299. The van der Waals surface area contributed by atoms with Gasteiger partial charge in [-0.25, -0.2) is 4.39 Å². The molecule has 3 rings (SSSR count). The van der Waals surface area contributed by atoms with Crippen LogP contribution in [0.5, 0.6) is 5.75 Å². The highest BCUT2D eigenvalue weighted by molar-refractivity contribution is 7.86. The third-order valence-corrected chi connectivity index (χ3v) is 4.32. The van der Waals surface area contributed by atoms with E-state index in [9.17, 15) is 17.6 Å². The van der Waals surface area contributed by atoms with Gasteiger partial charge in [-0.05, 0) is 54.1 Å². The van der Waals surface area contributed by atoms with E-state index in [0.29, 0.717) is 16.9 Å². The summed E-state index contributed by atoms with van der Waals surface area (Å²) in [6.45, 7) is 0.373. The number of hydrogen-bond acceptors (Lipinski definition) is 5. The monoisotopic (exact) mass is 403 g/mol. The van der Waals surface area contributed by atoms with Gasteiger partial charge in [0, 0.05) is 12.1 Å². The molecule has 0 saturated heterocycles. The summed E-state index contributed by atoms with van der Waals surface area (Å²) in [5, 5.41) is 0. The van der Waals surface area contributed by atoms with E-state index in [-0.39, 0.29) is 24.7 Å². The standard InChI is InChI=1S/C20H18FNO5S/c1-28(24,25)27-18-5-2-4-15(12-18)13-22(14-19-6-3-11-26-19)20(23)16-7-9-17(21)10-8-16/h2-12H,13-14H2,1H3. The summed E-state index contributed by atoms with van der Waals surface area (Å²) in [6, 6.07) is 15.2. The van der Waals surface area contributed by atoms with Crippen LogP contribution in [0.2, 0.25) is 0 Å². The van der Waals surface area contributed by atoms with Crippen LogP contribution in [0.1, 0.15) is 21.7 Å². The highest BCUT2D eigenvalue weighted by Crippen LogP contribution is 2.19. The van der Waals surface area contributed by atoms with E-state index in [1.807, 2.05) is 0 Å². The maximum Gasteiger partial charge on any atom is 0.306 e. The van der Waals surface area contributed by atoms with Crippen LogP contribution in [0.15, 0.2) is 71.3 Å². The van der Waals surface area contributed by atoms with Crippen LogP contribution in [-0.2, 0) is 23.2 Å². The Bertz CT molecular complexity index is 1050. The molecule has 0 aliphatic rings. The lowest BCUT2D eigenvalue weighted by Crippen LogP contribution is -2.30. The highest BCUT2D eigenvalue weighted by Gasteiger charge is 2.18. The first-order chi connectivity index (χ1) is 13.3. The van der Waals surface area contributed by atoms with Gasteiger partial charge in [0.1, 0.15) is 17.3 Å². The first-order valence-corrected chi connectivity index (χ1v) is 10.2. The lowest BCUT2D eigenvalue weighted by molar-refractivity contribution is 0.0717. The lowest BCUT2D eigenvalue weighted by atomic mass is 10.1.